The molecule has 4 N–H and O–H groups in total. The van der Waals surface area contributed by atoms with E-state index in [4.69, 9.17) is 24.2 Å². The first kappa shape index (κ1) is 39.9. The minimum absolute atomic E-state index is 0.0779. The van der Waals surface area contributed by atoms with Crippen molar-refractivity contribution in [3.05, 3.63) is 114 Å². The number of carbonyl (C=O) groups is 4. The van der Waals surface area contributed by atoms with Crippen molar-refractivity contribution >= 4 is 45.8 Å². The predicted octanol–water partition coefficient (Wildman–Crippen LogP) is 7.78. The summed E-state index contributed by atoms with van der Waals surface area (Å²) in [7, 11) is 2.57. The van der Waals surface area contributed by atoms with Crippen LogP contribution in [0.1, 0.15) is 80.4 Å². The van der Waals surface area contributed by atoms with Gasteiger partial charge in [-0.2, -0.15) is 0 Å². The third-order valence-electron chi connectivity index (χ3n) is 13.5. The number of aromatic amines is 2. The average Bonchev–Trinajstić information content (AvgIpc) is 4.14. The third kappa shape index (κ3) is 6.73. The number of nitrogens with one attached hydrogen (secondary N) is 4. The number of alkyl carbamates (subject to hydrolysis) is 2. The van der Waals surface area contributed by atoms with Gasteiger partial charge in [-0.05, 0) is 90.1 Å². The first-order valence-corrected chi connectivity index (χ1v) is 21.4. The summed E-state index contributed by atoms with van der Waals surface area (Å²) in [6.07, 6.45) is 3.46. The molecule has 2 aromatic heterocycles. The van der Waals surface area contributed by atoms with E-state index in [-0.39, 0.29) is 41.9 Å². The van der Waals surface area contributed by atoms with Crippen molar-refractivity contribution in [2.75, 3.05) is 14.2 Å². The van der Waals surface area contributed by atoms with Crippen LogP contribution in [0.15, 0.2) is 91.1 Å². The molecule has 0 saturated carbocycles. The van der Waals surface area contributed by atoms with E-state index in [9.17, 15) is 19.2 Å². The Bertz CT molecular complexity index is 2840. The van der Waals surface area contributed by atoms with E-state index in [1.165, 1.54) is 14.2 Å². The number of nitrogens with zero attached hydrogens (tertiary/aromatic N) is 4. The Balaban J connectivity index is 0.911. The van der Waals surface area contributed by atoms with Crippen molar-refractivity contribution in [1.29, 1.82) is 0 Å². The van der Waals surface area contributed by atoms with Crippen molar-refractivity contribution in [1.82, 2.24) is 40.4 Å². The molecule has 4 aliphatic rings. The SMILES string of the molecule is C=C1C(C)C(NC(=O)OC)C(=O)N2C1CCC2c1ncc(-c2ccc3c(c2)COc2cc4c(ccc5[nH]c(C6CCC(C)N6C(=O)C(NC(=O)OC)c6ccccc6)nc54)cc2-3)[nH]1. The van der Waals surface area contributed by atoms with Crippen LogP contribution in [0.5, 0.6) is 5.75 Å². The van der Waals surface area contributed by atoms with Crippen LogP contribution in [-0.4, -0.2) is 86.1 Å². The lowest BCUT2D eigenvalue weighted by molar-refractivity contribution is -0.139. The fourth-order valence-corrected chi connectivity index (χ4v) is 10.2. The smallest absolute Gasteiger partial charge is 0.407 e. The van der Waals surface area contributed by atoms with Gasteiger partial charge in [-0.1, -0.05) is 62.0 Å². The molecule has 3 saturated heterocycles. The molecule has 322 valence electrons. The number of ether oxygens (including phenoxy) is 3. The van der Waals surface area contributed by atoms with Crippen molar-refractivity contribution in [2.45, 2.75) is 82.4 Å². The van der Waals surface area contributed by atoms with Crippen LogP contribution in [0, 0.1) is 5.92 Å². The number of aromatic nitrogens is 4. The summed E-state index contributed by atoms with van der Waals surface area (Å²) in [6.45, 7) is 8.62. The Hall–Kier alpha value is -7.16. The third-order valence-corrected chi connectivity index (χ3v) is 13.5. The summed E-state index contributed by atoms with van der Waals surface area (Å²) in [5.74, 6) is 1.52. The molecule has 6 aromatic rings. The fraction of sp³-hybridized carbons (Fsp3) is 0.333. The monoisotopic (exact) mass is 848 g/mol. The number of piperidine rings is 1. The second-order valence-electron chi connectivity index (χ2n) is 17.0. The van der Waals surface area contributed by atoms with Gasteiger partial charge >= 0.3 is 12.2 Å². The van der Waals surface area contributed by atoms with E-state index in [0.717, 1.165) is 80.3 Å². The Morgan fingerprint density at radius 3 is 2.44 bits per heavy atom. The Morgan fingerprint density at radius 1 is 0.873 bits per heavy atom. The highest BCUT2D eigenvalue weighted by Crippen LogP contribution is 2.46. The first-order chi connectivity index (χ1) is 30.5. The minimum atomic E-state index is -0.920. The number of imidazole rings is 2. The topological polar surface area (TPSA) is 184 Å². The molecule has 15 nitrogen and oxygen atoms in total. The number of fused-ring (bicyclic) bond motifs is 7. The molecule has 63 heavy (non-hydrogen) atoms. The van der Waals surface area contributed by atoms with Gasteiger partial charge in [0.2, 0.25) is 5.91 Å². The molecule has 7 atom stereocenters. The molecule has 15 heteroatoms. The van der Waals surface area contributed by atoms with Gasteiger partial charge in [-0.25, -0.2) is 19.6 Å². The van der Waals surface area contributed by atoms with Crippen molar-refractivity contribution < 1.29 is 33.4 Å². The van der Waals surface area contributed by atoms with E-state index >= 15 is 0 Å². The number of rotatable bonds is 7. The Kier molecular flexibility index (Phi) is 9.91. The number of likely N-dealkylation sites (tertiary alicyclic amines) is 1. The van der Waals surface area contributed by atoms with Crippen molar-refractivity contribution in [2.24, 2.45) is 5.92 Å². The molecule has 0 aliphatic carbocycles. The molecule has 3 fully saturated rings. The Labute approximate surface area is 363 Å². The highest BCUT2D eigenvalue weighted by atomic mass is 16.5. The first-order valence-electron chi connectivity index (χ1n) is 21.4. The maximum absolute atomic E-state index is 14.3. The lowest BCUT2D eigenvalue weighted by Gasteiger charge is -2.42. The van der Waals surface area contributed by atoms with Gasteiger partial charge in [0.05, 0.1) is 55.3 Å². The number of H-pyrrole nitrogens is 2. The lowest BCUT2D eigenvalue weighted by atomic mass is 9.83. The van der Waals surface area contributed by atoms with Gasteiger partial charge in [0, 0.05) is 22.9 Å². The number of benzene rings is 4. The summed E-state index contributed by atoms with van der Waals surface area (Å²) in [6, 6.07) is 21.3. The van der Waals surface area contributed by atoms with E-state index in [1.54, 1.807) is 6.20 Å². The quantitative estimate of drug-likeness (QED) is 0.117. The van der Waals surface area contributed by atoms with E-state index in [0.29, 0.717) is 30.2 Å². The molecule has 7 unspecified atom stereocenters. The van der Waals surface area contributed by atoms with Gasteiger partial charge in [0.25, 0.3) is 5.91 Å². The standard InChI is InChI=1S/C48H48N8O7/c1-24-11-16-38(55(24)46(58)41(54-48(60)62-5)27-9-7-6-8-10-27)44-50-34-15-13-28-20-33-31-14-12-29(19-30(31)23-63-39(33)21-32(28)42(34)52-44)35-22-49-43(51-35)37-18-17-36-25(2)26(3)40(45(57)56(36)37)53-47(59)61-4/h6-10,12-15,19-22,24,26,36-38,40-41H,2,11,16-18,23H2,1,3-5H3,(H,49,51)(H,50,52)(H,53,59)(H,54,60). The molecular formula is C48H48N8O7. The fourth-order valence-electron chi connectivity index (χ4n) is 10.2. The molecule has 0 radical (unpaired) electrons. The Morgan fingerprint density at radius 2 is 1.65 bits per heavy atom. The summed E-state index contributed by atoms with van der Waals surface area (Å²) < 4.78 is 16.1. The highest BCUT2D eigenvalue weighted by Gasteiger charge is 2.50. The minimum Gasteiger partial charge on any atom is -0.488 e. The van der Waals surface area contributed by atoms with Gasteiger partial charge in [-0.3, -0.25) is 9.59 Å². The molecule has 0 spiro atoms. The number of hydrogen-bond donors (Lipinski definition) is 4. The van der Waals surface area contributed by atoms with Crippen LogP contribution in [0.2, 0.25) is 0 Å². The lowest BCUT2D eigenvalue weighted by Crippen LogP contribution is -2.59. The molecule has 6 heterocycles. The molecular weight excluding hydrogens is 801 g/mol. The molecule has 0 bridgehead atoms. The summed E-state index contributed by atoms with van der Waals surface area (Å²) in [4.78, 5) is 73.3. The van der Waals surface area contributed by atoms with Gasteiger partial charge in [0.15, 0.2) is 0 Å². The van der Waals surface area contributed by atoms with E-state index < -0.39 is 24.3 Å². The summed E-state index contributed by atoms with van der Waals surface area (Å²) in [5.41, 5.74) is 8.07. The highest BCUT2D eigenvalue weighted by molar-refractivity contribution is 6.07. The number of amides is 4. The maximum Gasteiger partial charge on any atom is 0.407 e. The largest absolute Gasteiger partial charge is 0.488 e. The van der Waals surface area contributed by atoms with Gasteiger partial charge < -0.3 is 44.6 Å². The second kappa shape index (κ2) is 15.6. The zero-order chi connectivity index (χ0) is 43.7. The van der Waals surface area contributed by atoms with Gasteiger partial charge in [0.1, 0.15) is 36.1 Å². The summed E-state index contributed by atoms with van der Waals surface area (Å²) in [5, 5.41) is 7.40. The number of methoxy groups -OCH3 is 2. The normalized spacial score (nSPS) is 23.2. The van der Waals surface area contributed by atoms with Gasteiger partial charge in [-0.15, -0.1) is 0 Å². The van der Waals surface area contributed by atoms with Crippen LogP contribution in [0.25, 0.3) is 44.2 Å². The average molecular weight is 849 g/mol. The van der Waals surface area contributed by atoms with Crippen LogP contribution < -0.4 is 15.4 Å². The van der Waals surface area contributed by atoms with E-state index in [2.05, 4.69) is 63.6 Å². The number of hydrogen-bond acceptors (Lipinski definition) is 9. The summed E-state index contributed by atoms with van der Waals surface area (Å²) >= 11 is 0. The zero-order valence-electron chi connectivity index (χ0n) is 35.4. The van der Waals surface area contributed by atoms with Crippen LogP contribution >= 0.6 is 0 Å². The molecule has 4 aromatic carbocycles. The van der Waals surface area contributed by atoms with Crippen LogP contribution in [-0.2, 0) is 25.7 Å². The second-order valence-corrected chi connectivity index (χ2v) is 17.0. The van der Waals surface area contributed by atoms with Crippen LogP contribution in [0.3, 0.4) is 0 Å². The molecule has 4 amide bonds. The van der Waals surface area contributed by atoms with E-state index in [1.807, 2.05) is 60.0 Å². The molecule has 10 rings (SSSR count). The number of carbonyl (C=O) groups excluding carboxylic acids is 4. The van der Waals surface area contributed by atoms with Crippen molar-refractivity contribution in [3.63, 3.8) is 0 Å². The van der Waals surface area contributed by atoms with Crippen molar-refractivity contribution in [3.8, 4) is 28.1 Å². The van der Waals surface area contributed by atoms with Crippen LogP contribution in [0.4, 0.5) is 9.59 Å². The zero-order valence-corrected chi connectivity index (χ0v) is 35.4. The predicted molar refractivity (Wildman–Crippen MR) is 234 cm³/mol. The molecule has 4 aliphatic heterocycles. The maximum atomic E-state index is 14.3.